The number of fused-ring (bicyclic) bond motifs is 4. The molecule has 6 heteroatoms. The maximum atomic E-state index is 14.1. The SMILES string of the molecule is Cc1nc(CCc2cn3c(n2)-c2cc(F)ccc2C3)nc2c(F)cccc12. The van der Waals surface area contributed by atoms with E-state index >= 15 is 0 Å². The van der Waals surface area contributed by atoms with Crippen molar-refractivity contribution in [3.63, 3.8) is 0 Å². The molecule has 1 aliphatic heterocycles. The highest BCUT2D eigenvalue weighted by molar-refractivity contribution is 5.81. The second-order valence-corrected chi connectivity index (χ2v) is 6.85. The lowest BCUT2D eigenvalue weighted by molar-refractivity contribution is 0.628. The maximum Gasteiger partial charge on any atom is 0.149 e. The van der Waals surface area contributed by atoms with Crippen molar-refractivity contribution in [1.82, 2.24) is 19.5 Å². The summed E-state index contributed by atoms with van der Waals surface area (Å²) < 4.78 is 29.6. The third kappa shape index (κ3) is 2.68. The number of nitrogens with zero attached hydrogens (tertiary/aromatic N) is 4. The molecular formula is C21H16F2N4. The van der Waals surface area contributed by atoms with Gasteiger partial charge < -0.3 is 4.57 Å². The molecule has 0 radical (unpaired) electrons. The summed E-state index contributed by atoms with van der Waals surface area (Å²) in [5, 5.41) is 0.735. The molecule has 4 aromatic rings. The number of benzene rings is 2. The predicted octanol–water partition coefficient (Wildman–Crippen LogP) is 4.23. The Morgan fingerprint density at radius 3 is 2.81 bits per heavy atom. The van der Waals surface area contributed by atoms with Crippen molar-refractivity contribution in [3.05, 3.63) is 77.0 Å². The van der Waals surface area contributed by atoms with E-state index in [4.69, 9.17) is 0 Å². The van der Waals surface area contributed by atoms with E-state index in [0.717, 1.165) is 33.7 Å². The van der Waals surface area contributed by atoms with Crippen molar-refractivity contribution in [2.24, 2.45) is 0 Å². The molecule has 1 aliphatic rings. The average Bonchev–Trinajstić information content (AvgIpc) is 3.19. The minimum Gasteiger partial charge on any atom is -0.326 e. The summed E-state index contributed by atoms with van der Waals surface area (Å²) in [5.74, 6) is 0.804. The quantitative estimate of drug-likeness (QED) is 0.482. The minimum atomic E-state index is -0.334. The fraction of sp³-hybridized carbons (Fsp3) is 0.190. The van der Waals surface area contributed by atoms with Crippen molar-refractivity contribution in [2.75, 3.05) is 0 Å². The normalized spacial score (nSPS) is 12.4. The van der Waals surface area contributed by atoms with Crippen LogP contribution in [0.1, 0.15) is 22.8 Å². The van der Waals surface area contributed by atoms with Gasteiger partial charge in [-0.1, -0.05) is 18.2 Å². The zero-order valence-corrected chi connectivity index (χ0v) is 14.7. The second kappa shape index (κ2) is 5.94. The van der Waals surface area contributed by atoms with Crippen LogP contribution in [0.15, 0.2) is 42.6 Å². The van der Waals surface area contributed by atoms with Crippen LogP contribution in [0, 0.1) is 18.6 Å². The standard InChI is InChI=1S/C21H16F2N4/c1-12-16-3-2-4-18(23)20(16)26-19(24-12)8-7-15-11-27-10-13-5-6-14(22)9-17(13)21(27)25-15/h2-6,9,11H,7-8,10H2,1H3. The summed E-state index contributed by atoms with van der Waals surface area (Å²) in [5.41, 5.74) is 3.95. The Morgan fingerprint density at radius 2 is 1.93 bits per heavy atom. The molecule has 0 atom stereocenters. The third-order valence-corrected chi connectivity index (χ3v) is 5.00. The molecule has 5 rings (SSSR count). The van der Waals surface area contributed by atoms with E-state index in [2.05, 4.69) is 15.0 Å². The Morgan fingerprint density at radius 1 is 1.04 bits per heavy atom. The van der Waals surface area contributed by atoms with Gasteiger partial charge in [0.05, 0.1) is 5.69 Å². The van der Waals surface area contributed by atoms with E-state index in [9.17, 15) is 8.78 Å². The van der Waals surface area contributed by atoms with E-state index in [1.165, 1.54) is 18.2 Å². The van der Waals surface area contributed by atoms with Gasteiger partial charge in [0.15, 0.2) is 0 Å². The van der Waals surface area contributed by atoms with Crippen molar-refractivity contribution >= 4 is 10.9 Å². The number of rotatable bonds is 3. The number of para-hydroxylation sites is 1. The molecule has 0 amide bonds. The predicted molar refractivity (Wildman–Crippen MR) is 98.4 cm³/mol. The Balaban J connectivity index is 1.41. The Labute approximate surface area is 154 Å². The van der Waals surface area contributed by atoms with Crippen molar-refractivity contribution in [3.8, 4) is 11.4 Å². The largest absolute Gasteiger partial charge is 0.326 e. The third-order valence-electron chi connectivity index (χ3n) is 5.00. The van der Waals surface area contributed by atoms with E-state index in [1.807, 2.05) is 23.8 Å². The van der Waals surface area contributed by atoms with E-state index in [-0.39, 0.29) is 11.6 Å². The first kappa shape index (κ1) is 16.1. The highest BCUT2D eigenvalue weighted by Crippen LogP contribution is 2.32. The molecule has 0 saturated carbocycles. The van der Waals surface area contributed by atoms with Crippen LogP contribution in [0.3, 0.4) is 0 Å². The molecule has 27 heavy (non-hydrogen) atoms. The van der Waals surface area contributed by atoms with Gasteiger partial charge in [-0.15, -0.1) is 0 Å². The van der Waals surface area contributed by atoms with Gasteiger partial charge in [0, 0.05) is 35.8 Å². The summed E-state index contributed by atoms with van der Waals surface area (Å²) >= 11 is 0. The highest BCUT2D eigenvalue weighted by atomic mass is 19.1. The summed E-state index contributed by atoms with van der Waals surface area (Å²) in [4.78, 5) is 13.6. The zero-order chi connectivity index (χ0) is 18.5. The minimum absolute atomic E-state index is 0.256. The van der Waals surface area contributed by atoms with Crippen LogP contribution in [-0.2, 0) is 19.4 Å². The summed E-state index contributed by atoms with van der Waals surface area (Å²) in [6.07, 6.45) is 3.20. The summed E-state index contributed by atoms with van der Waals surface area (Å²) in [6, 6.07) is 9.72. The molecule has 0 spiro atoms. The molecule has 0 bridgehead atoms. The van der Waals surface area contributed by atoms with Gasteiger partial charge in [0.2, 0.25) is 0 Å². The molecule has 2 aromatic heterocycles. The Hall–Kier alpha value is -3.15. The molecular weight excluding hydrogens is 346 g/mol. The van der Waals surface area contributed by atoms with Gasteiger partial charge in [-0.05, 0) is 37.1 Å². The molecule has 0 unspecified atom stereocenters. The van der Waals surface area contributed by atoms with Crippen LogP contribution in [0.2, 0.25) is 0 Å². The summed E-state index contributed by atoms with van der Waals surface area (Å²) in [6.45, 7) is 2.57. The number of aryl methyl sites for hydroxylation is 3. The van der Waals surface area contributed by atoms with Crippen LogP contribution < -0.4 is 0 Å². The van der Waals surface area contributed by atoms with Crippen LogP contribution in [0.4, 0.5) is 8.78 Å². The first-order chi connectivity index (χ1) is 13.1. The molecule has 4 nitrogen and oxygen atoms in total. The van der Waals surface area contributed by atoms with Crippen LogP contribution in [0.25, 0.3) is 22.3 Å². The van der Waals surface area contributed by atoms with E-state index in [0.29, 0.717) is 30.7 Å². The Kier molecular flexibility index (Phi) is 3.53. The van der Waals surface area contributed by atoms with Crippen molar-refractivity contribution in [2.45, 2.75) is 26.3 Å². The van der Waals surface area contributed by atoms with Gasteiger partial charge in [0.25, 0.3) is 0 Å². The monoisotopic (exact) mass is 362 g/mol. The maximum absolute atomic E-state index is 14.1. The molecule has 0 aliphatic carbocycles. The van der Waals surface area contributed by atoms with Crippen LogP contribution in [0.5, 0.6) is 0 Å². The van der Waals surface area contributed by atoms with Crippen LogP contribution >= 0.6 is 0 Å². The lowest BCUT2D eigenvalue weighted by Gasteiger charge is -2.06. The number of imidazole rings is 1. The van der Waals surface area contributed by atoms with E-state index in [1.54, 1.807) is 12.1 Å². The van der Waals surface area contributed by atoms with Crippen molar-refractivity contribution in [1.29, 1.82) is 0 Å². The zero-order valence-electron chi connectivity index (χ0n) is 14.7. The number of halogens is 2. The molecule has 0 fully saturated rings. The summed E-state index contributed by atoms with van der Waals surface area (Å²) in [7, 11) is 0. The first-order valence-electron chi connectivity index (χ1n) is 8.85. The molecule has 0 saturated heterocycles. The fourth-order valence-corrected chi connectivity index (χ4v) is 3.68. The Bertz CT molecular complexity index is 1200. The molecule has 0 N–H and O–H groups in total. The fourth-order valence-electron chi connectivity index (χ4n) is 3.68. The molecule has 2 aromatic carbocycles. The van der Waals surface area contributed by atoms with Gasteiger partial charge in [0.1, 0.15) is 28.8 Å². The van der Waals surface area contributed by atoms with Gasteiger partial charge in [-0.25, -0.2) is 23.7 Å². The average molecular weight is 362 g/mol. The lowest BCUT2D eigenvalue weighted by atomic mass is 10.1. The van der Waals surface area contributed by atoms with Gasteiger partial charge in [-0.2, -0.15) is 0 Å². The highest BCUT2D eigenvalue weighted by Gasteiger charge is 2.21. The molecule has 3 heterocycles. The number of hydrogen-bond acceptors (Lipinski definition) is 3. The first-order valence-corrected chi connectivity index (χ1v) is 8.85. The number of hydrogen-bond donors (Lipinski definition) is 0. The van der Waals surface area contributed by atoms with E-state index < -0.39 is 0 Å². The van der Waals surface area contributed by atoms with Crippen molar-refractivity contribution < 1.29 is 8.78 Å². The number of aromatic nitrogens is 4. The molecule has 134 valence electrons. The lowest BCUT2D eigenvalue weighted by Crippen LogP contribution is -2.02. The van der Waals surface area contributed by atoms with Gasteiger partial charge in [-0.3, -0.25) is 0 Å². The van der Waals surface area contributed by atoms with Gasteiger partial charge >= 0.3 is 0 Å². The van der Waals surface area contributed by atoms with Crippen LogP contribution in [-0.4, -0.2) is 19.5 Å². The second-order valence-electron chi connectivity index (χ2n) is 6.85. The smallest absolute Gasteiger partial charge is 0.149 e. The topological polar surface area (TPSA) is 43.6 Å².